The van der Waals surface area contributed by atoms with Gasteiger partial charge >= 0.3 is 5.97 Å². The second-order valence-corrected chi connectivity index (χ2v) is 7.13. The molecule has 0 spiro atoms. The van der Waals surface area contributed by atoms with Crippen LogP contribution in [-0.4, -0.2) is 23.7 Å². The van der Waals surface area contributed by atoms with Crippen molar-refractivity contribution >= 4 is 5.97 Å². The highest BCUT2D eigenvalue weighted by atomic mass is 19.2. The summed E-state index contributed by atoms with van der Waals surface area (Å²) in [5.41, 5.74) is 16.4. The number of rotatable bonds is 8. The highest BCUT2D eigenvalue weighted by Crippen LogP contribution is 2.22. The fourth-order valence-corrected chi connectivity index (χ4v) is 3.24. The van der Waals surface area contributed by atoms with Crippen molar-refractivity contribution in [2.45, 2.75) is 24.8 Å². The second-order valence-electron chi connectivity index (χ2n) is 7.13. The molecule has 0 heterocycles. The van der Waals surface area contributed by atoms with Crippen LogP contribution in [0.15, 0.2) is 77.9 Å². The molecule has 0 radical (unpaired) electrons. The Bertz CT molecular complexity index is 1050. The molecule has 0 bridgehead atoms. The Morgan fingerprint density at radius 1 is 0.939 bits per heavy atom. The monoisotopic (exact) mass is 456 g/mol. The van der Waals surface area contributed by atoms with Crippen LogP contribution in [-0.2, 0) is 11.2 Å². The Labute approximate surface area is 189 Å². The molecule has 0 aliphatic heterocycles. The van der Waals surface area contributed by atoms with Gasteiger partial charge in [0.15, 0.2) is 11.6 Å². The molecule has 0 aliphatic rings. The molecule has 0 amide bonds. The van der Waals surface area contributed by atoms with Crippen LogP contribution in [0.5, 0.6) is 0 Å². The third-order valence-corrected chi connectivity index (χ3v) is 4.81. The molecular formula is C24H23F3N4O2. The number of halogens is 3. The molecule has 1 atom stereocenters. The smallest absolute Gasteiger partial charge is 0.303 e. The van der Waals surface area contributed by atoms with Crippen LogP contribution in [0.4, 0.5) is 13.2 Å². The van der Waals surface area contributed by atoms with Gasteiger partial charge in [0, 0.05) is 23.4 Å². The largest absolute Gasteiger partial charge is 0.481 e. The first-order chi connectivity index (χ1) is 15.8. The van der Waals surface area contributed by atoms with Gasteiger partial charge in [0.05, 0.1) is 12.5 Å². The predicted molar refractivity (Wildman–Crippen MR) is 119 cm³/mol. The van der Waals surface area contributed by atoms with E-state index in [0.717, 1.165) is 0 Å². The molecule has 0 saturated heterocycles. The predicted octanol–water partition coefficient (Wildman–Crippen LogP) is 5.58. The number of aliphatic carboxylic acids is 1. The van der Waals surface area contributed by atoms with Crippen molar-refractivity contribution in [3.05, 3.63) is 117 Å². The molecule has 9 heteroatoms. The molecule has 3 rings (SSSR count). The molecule has 6 nitrogen and oxygen atoms in total. The van der Waals surface area contributed by atoms with E-state index in [1.165, 1.54) is 11.1 Å². The van der Waals surface area contributed by atoms with E-state index in [0.29, 0.717) is 24.6 Å². The molecule has 172 valence electrons. The van der Waals surface area contributed by atoms with Gasteiger partial charge in [-0.1, -0.05) is 65.8 Å². The van der Waals surface area contributed by atoms with Crippen LogP contribution in [0.2, 0.25) is 0 Å². The topological polar surface area (TPSA) is 112 Å². The average molecular weight is 456 g/mol. The van der Waals surface area contributed by atoms with E-state index in [1.54, 1.807) is 0 Å². The maximum absolute atomic E-state index is 13.3. The average Bonchev–Trinajstić information content (AvgIpc) is 2.80. The molecule has 0 saturated carbocycles. The number of hydrogen-bond donors (Lipinski definition) is 2. The van der Waals surface area contributed by atoms with Crippen molar-refractivity contribution in [1.29, 1.82) is 0 Å². The van der Waals surface area contributed by atoms with Crippen LogP contribution in [0.1, 0.15) is 29.0 Å². The van der Waals surface area contributed by atoms with Crippen molar-refractivity contribution in [3.63, 3.8) is 0 Å². The SMILES string of the molecule is NCC(c1ccccc1)c1ccccc1.[N-]=[N+]=N[C@@H](CC(=O)O)Cc1cc(F)c(F)cc1F. The molecule has 3 aromatic rings. The van der Waals surface area contributed by atoms with Gasteiger partial charge in [-0.05, 0) is 34.7 Å². The van der Waals surface area contributed by atoms with E-state index in [4.69, 9.17) is 16.4 Å². The number of nitrogens with zero attached hydrogens (tertiary/aromatic N) is 3. The van der Waals surface area contributed by atoms with Gasteiger partial charge in [-0.25, -0.2) is 13.2 Å². The van der Waals surface area contributed by atoms with E-state index < -0.39 is 35.9 Å². The summed E-state index contributed by atoms with van der Waals surface area (Å²) in [4.78, 5) is 12.9. The van der Waals surface area contributed by atoms with Gasteiger partial charge in [-0.3, -0.25) is 4.79 Å². The zero-order chi connectivity index (χ0) is 24.2. The molecule has 0 aliphatic carbocycles. The van der Waals surface area contributed by atoms with Crippen molar-refractivity contribution in [1.82, 2.24) is 0 Å². The van der Waals surface area contributed by atoms with Crippen LogP contribution in [0.25, 0.3) is 10.4 Å². The fraction of sp³-hybridized carbons (Fsp3) is 0.208. The van der Waals surface area contributed by atoms with Crippen LogP contribution >= 0.6 is 0 Å². The molecule has 33 heavy (non-hydrogen) atoms. The minimum atomic E-state index is -1.34. The lowest BCUT2D eigenvalue weighted by Gasteiger charge is -2.15. The van der Waals surface area contributed by atoms with Crippen molar-refractivity contribution < 1.29 is 23.1 Å². The number of nitrogens with two attached hydrogens (primary N) is 1. The normalized spacial score (nSPS) is 11.2. The standard InChI is InChI=1S/C14H15N.C10H8F3N3O2/c15-11-14(12-7-3-1-4-8-12)13-9-5-2-6-10-13;11-7-4-9(13)8(12)2-5(7)1-6(15-16-14)3-10(17)18/h1-10,14H,11,15H2;2,4,6H,1,3H2,(H,17,18)/t;6-/m.1/s1. The number of azide groups is 1. The Hall–Kier alpha value is -3.81. The summed E-state index contributed by atoms with van der Waals surface area (Å²) in [6.45, 7) is 0.647. The van der Waals surface area contributed by atoms with E-state index in [9.17, 15) is 18.0 Å². The Morgan fingerprint density at radius 3 is 1.91 bits per heavy atom. The third kappa shape index (κ3) is 7.99. The van der Waals surface area contributed by atoms with Crippen molar-refractivity contribution in [3.8, 4) is 0 Å². The molecular weight excluding hydrogens is 433 g/mol. The summed E-state index contributed by atoms with van der Waals surface area (Å²) in [5, 5.41) is 11.7. The molecule has 3 aromatic carbocycles. The van der Waals surface area contributed by atoms with Gasteiger partial charge in [0.1, 0.15) is 5.82 Å². The zero-order valence-corrected chi connectivity index (χ0v) is 17.6. The first kappa shape index (κ1) is 25.5. The van der Waals surface area contributed by atoms with Gasteiger partial charge in [-0.2, -0.15) is 0 Å². The molecule has 3 N–H and O–H groups in total. The van der Waals surface area contributed by atoms with Gasteiger partial charge in [-0.15, -0.1) is 0 Å². The maximum atomic E-state index is 13.3. The van der Waals surface area contributed by atoms with Gasteiger partial charge < -0.3 is 10.8 Å². The van der Waals surface area contributed by atoms with E-state index >= 15 is 0 Å². The van der Waals surface area contributed by atoms with Crippen molar-refractivity contribution in [2.75, 3.05) is 6.54 Å². The van der Waals surface area contributed by atoms with E-state index in [1.807, 2.05) is 12.1 Å². The van der Waals surface area contributed by atoms with Crippen LogP contribution < -0.4 is 5.73 Å². The van der Waals surface area contributed by atoms with Crippen LogP contribution in [0.3, 0.4) is 0 Å². The zero-order valence-electron chi connectivity index (χ0n) is 17.6. The van der Waals surface area contributed by atoms with Gasteiger partial charge in [0.25, 0.3) is 0 Å². The van der Waals surface area contributed by atoms with Crippen molar-refractivity contribution in [2.24, 2.45) is 10.8 Å². The molecule has 0 fully saturated rings. The number of benzene rings is 3. The lowest BCUT2D eigenvalue weighted by molar-refractivity contribution is -0.137. The Kier molecular flexibility index (Phi) is 9.95. The minimum absolute atomic E-state index is 0.243. The summed E-state index contributed by atoms with van der Waals surface area (Å²) in [5.74, 6) is -4.53. The lowest BCUT2D eigenvalue weighted by Crippen LogP contribution is -2.14. The van der Waals surface area contributed by atoms with Crippen LogP contribution in [0, 0.1) is 17.5 Å². The van der Waals surface area contributed by atoms with E-state index in [2.05, 4.69) is 58.6 Å². The number of hydrogen-bond acceptors (Lipinski definition) is 3. The third-order valence-electron chi connectivity index (χ3n) is 4.81. The lowest BCUT2D eigenvalue weighted by atomic mass is 9.92. The summed E-state index contributed by atoms with van der Waals surface area (Å²) in [7, 11) is 0. The molecule has 0 unspecified atom stereocenters. The minimum Gasteiger partial charge on any atom is -0.481 e. The highest BCUT2D eigenvalue weighted by molar-refractivity contribution is 5.67. The maximum Gasteiger partial charge on any atom is 0.303 e. The number of carboxylic acid groups (broad SMARTS) is 1. The second kappa shape index (κ2) is 12.9. The fourth-order valence-electron chi connectivity index (χ4n) is 3.24. The Balaban J connectivity index is 0.000000237. The summed E-state index contributed by atoms with van der Waals surface area (Å²) >= 11 is 0. The first-order valence-electron chi connectivity index (χ1n) is 10.0. The summed E-state index contributed by atoms with van der Waals surface area (Å²) < 4.78 is 38.8. The number of carbonyl (C=O) groups is 1. The number of carboxylic acids is 1. The summed E-state index contributed by atoms with van der Waals surface area (Å²) in [6, 6.07) is 20.7. The first-order valence-corrected chi connectivity index (χ1v) is 10.0. The summed E-state index contributed by atoms with van der Waals surface area (Å²) in [6.07, 6.45) is -0.845. The van der Waals surface area contributed by atoms with Gasteiger partial charge in [0.2, 0.25) is 0 Å². The van der Waals surface area contributed by atoms with E-state index in [-0.39, 0.29) is 12.0 Å². The quantitative estimate of drug-likeness (QED) is 0.200. The Morgan fingerprint density at radius 2 is 1.45 bits per heavy atom. The highest BCUT2D eigenvalue weighted by Gasteiger charge is 2.17. The molecule has 0 aromatic heterocycles.